The van der Waals surface area contributed by atoms with Crippen molar-refractivity contribution in [3.8, 4) is 22.6 Å². The Bertz CT molecular complexity index is 1450. The number of fused-ring (bicyclic) bond motifs is 2. The SMILES string of the molecule is Oc1ccc2cc(Cl)ccc2c1-c1ccccc1F.Oc1ccc2cc(Cl)ccc2c1Br. The van der Waals surface area contributed by atoms with Crippen LogP contribution in [-0.4, -0.2) is 10.2 Å². The van der Waals surface area contributed by atoms with Crippen LogP contribution in [0, 0.1) is 5.82 Å². The predicted molar refractivity (Wildman–Crippen MR) is 134 cm³/mol. The van der Waals surface area contributed by atoms with Gasteiger partial charge in [-0.3, -0.25) is 0 Å². The number of hydrogen-bond acceptors (Lipinski definition) is 2. The maximum atomic E-state index is 13.9. The maximum Gasteiger partial charge on any atom is 0.131 e. The molecule has 5 rings (SSSR count). The van der Waals surface area contributed by atoms with Gasteiger partial charge in [0.05, 0.1) is 4.47 Å². The lowest BCUT2D eigenvalue weighted by Gasteiger charge is -2.10. The summed E-state index contributed by atoms with van der Waals surface area (Å²) in [7, 11) is 0. The van der Waals surface area contributed by atoms with E-state index in [2.05, 4.69) is 15.9 Å². The number of hydrogen-bond donors (Lipinski definition) is 2. The summed E-state index contributed by atoms with van der Waals surface area (Å²) in [4.78, 5) is 0. The minimum atomic E-state index is -0.361. The van der Waals surface area contributed by atoms with Gasteiger partial charge >= 0.3 is 0 Å². The van der Waals surface area contributed by atoms with E-state index in [0.29, 0.717) is 25.6 Å². The average Bonchev–Trinajstić information content (AvgIpc) is 2.78. The van der Waals surface area contributed by atoms with Gasteiger partial charge in [-0.25, -0.2) is 4.39 Å². The maximum absolute atomic E-state index is 13.9. The van der Waals surface area contributed by atoms with Crippen molar-refractivity contribution in [1.29, 1.82) is 0 Å². The van der Waals surface area contributed by atoms with Crippen molar-refractivity contribution < 1.29 is 14.6 Å². The molecule has 2 nitrogen and oxygen atoms in total. The van der Waals surface area contributed by atoms with E-state index in [9.17, 15) is 14.6 Å². The van der Waals surface area contributed by atoms with E-state index in [0.717, 1.165) is 21.5 Å². The molecule has 0 heterocycles. The second kappa shape index (κ2) is 9.37. The Morgan fingerprint density at radius 2 is 1.22 bits per heavy atom. The minimum Gasteiger partial charge on any atom is -0.507 e. The molecule has 0 spiro atoms. The van der Waals surface area contributed by atoms with Crippen molar-refractivity contribution in [3.63, 3.8) is 0 Å². The van der Waals surface area contributed by atoms with Crippen molar-refractivity contribution in [2.75, 3.05) is 0 Å². The summed E-state index contributed by atoms with van der Waals surface area (Å²) in [5, 5.41) is 24.4. The molecule has 0 amide bonds. The van der Waals surface area contributed by atoms with E-state index in [1.165, 1.54) is 6.07 Å². The zero-order valence-electron chi connectivity index (χ0n) is 16.5. The van der Waals surface area contributed by atoms with Crippen LogP contribution in [0.15, 0.2) is 89.4 Å². The first-order valence-corrected chi connectivity index (χ1v) is 11.1. The van der Waals surface area contributed by atoms with Gasteiger partial charge in [-0.1, -0.05) is 65.7 Å². The molecular formula is C26H16BrCl2FO2. The van der Waals surface area contributed by atoms with E-state index in [4.69, 9.17) is 23.2 Å². The van der Waals surface area contributed by atoms with Crippen molar-refractivity contribution in [2.24, 2.45) is 0 Å². The van der Waals surface area contributed by atoms with E-state index in [1.54, 1.807) is 60.7 Å². The van der Waals surface area contributed by atoms with Crippen molar-refractivity contribution in [3.05, 3.63) is 105 Å². The Hall–Kier alpha value is -2.79. The van der Waals surface area contributed by atoms with Gasteiger partial charge in [-0.05, 0) is 79.9 Å². The number of benzene rings is 5. The predicted octanol–water partition coefficient (Wildman–Crippen LogP) is 8.97. The number of aromatic hydroxyl groups is 2. The van der Waals surface area contributed by atoms with Crippen molar-refractivity contribution in [1.82, 2.24) is 0 Å². The van der Waals surface area contributed by atoms with Crippen LogP contribution in [0.25, 0.3) is 32.7 Å². The Labute approximate surface area is 202 Å². The molecule has 0 aliphatic heterocycles. The summed E-state index contributed by atoms with van der Waals surface area (Å²) in [5.41, 5.74) is 0.875. The van der Waals surface area contributed by atoms with Crippen LogP contribution < -0.4 is 0 Å². The molecule has 0 atom stereocenters. The first-order chi connectivity index (χ1) is 15.3. The number of phenolic OH excluding ortho intramolecular Hbond substituents is 2. The molecule has 6 heteroatoms. The molecule has 0 bridgehead atoms. The summed E-state index contributed by atoms with van der Waals surface area (Å²) in [6.45, 7) is 0. The lowest BCUT2D eigenvalue weighted by Crippen LogP contribution is -1.87. The van der Waals surface area contributed by atoms with Crippen LogP contribution in [-0.2, 0) is 0 Å². The van der Waals surface area contributed by atoms with Gasteiger partial charge < -0.3 is 10.2 Å². The molecule has 0 aliphatic rings. The fourth-order valence-corrected chi connectivity index (χ4v) is 4.34. The quantitative estimate of drug-likeness (QED) is 0.227. The van der Waals surface area contributed by atoms with E-state index >= 15 is 0 Å². The minimum absolute atomic E-state index is 0.0555. The van der Waals surface area contributed by atoms with Crippen LogP contribution in [0.3, 0.4) is 0 Å². The second-order valence-electron chi connectivity index (χ2n) is 7.07. The van der Waals surface area contributed by atoms with Gasteiger partial charge in [0, 0.05) is 21.2 Å². The number of rotatable bonds is 1. The third-order valence-electron chi connectivity index (χ3n) is 5.00. The summed E-state index contributed by atoms with van der Waals surface area (Å²) >= 11 is 15.1. The first-order valence-electron chi connectivity index (χ1n) is 9.58. The van der Waals surface area contributed by atoms with Crippen molar-refractivity contribution >= 4 is 60.7 Å². The Kier molecular flexibility index (Phi) is 6.56. The molecule has 0 fully saturated rings. The molecule has 5 aromatic carbocycles. The third kappa shape index (κ3) is 4.53. The molecule has 0 saturated heterocycles. The zero-order chi connectivity index (χ0) is 22.8. The topological polar surface area (TPSA) is 40.5 Å². The van der Waals surface area contributed by atoms with Crippen LogP contribution >= 0.6 is 39.1 Å². The van der Waals surface area contributed by atoms with E-state index < -0.39 is 0 Å². The van der Waals surface area contributed by atoms with Gasteiger partial charge in [-0.15, -0.1) is 0 Å². The van der Waals surface area contributed by atoms with Gasteiger partial charge in [0.15, 0.2) is 0 Å². The van der Waals surface area contributed by atoms with Crippen LogP contribution in [0.2, 0.25) is 10.0 Å². The summed E-state index contributed by atoms with van der Waals surface area (Å²) in [6, 6.07) is 24.0. The van der Waals surface area contributed by atoms with E-state index in [-0.39, 0.29) is 17.3 Å². The van der Waals surface area contributed by atoms with Crippen molar-refractivity contribution in [2.45, 2.75) is 0 Å². The lowest BCUT2D eigenvalue weighted by atomic mass is 9.97. The van der Waals surface area contributed by atoms with Gasteiger partial charge in [0.25, 0.3) is 0 Å². The normalized spacial score (nSPS) is 10.8. The zero-order valence-corrected chi connectivity index (χ0v) is 19.6. The van der Waals surface area contributed by atoms with Gasteiger partial charge in [0.1, 0.15) is 17.3 Å². The molecule has 0 radical (unpaired) electrons. The highest BCUT2D eigenvalue weighted by atomic mass is 79.9. The number of halogens is 4. The highest BCUT2D eigenvalue weighted by molar-refractivity contribution is 9.10. The van der Waals surface area contributed by atoms with Crippen LogP contribution in [0.4, 0.5) is 4.39 Å². The highest BCUT2D eigenvalue weighted by Gasteiger charge is 2.13. The molecule has 160 valence electrons. The average molecular weight is 530 g/mol. The molecule has 0 unspecified atom stereocenters. The van der Waals surface area contributed by atoms with Crippen LogP contribution in [0.5, 0.6) is 11.5 Å². The first kappa shape index (κ1) is 22.4. The van der Waals surface area contributed by atoms with Gasteiger partial charge in [0.2, 0.25) is 0 Å². The molecule has 0 aliphatic carbocycles. The molecule has 0 aromatic heterocycles. The number of phenols is 2. The lowest BCUT2D eigenvalue weighted by molar-refractivity contribution is 0.473. The monoisotopic (exact) mass is 528 g/mol. The fourth-order valence-electron chi connectivity index (χ4n) is 3.49. The highest BCUT2D eigenvalue weighted by Crippen LogP contribution is 2.38. The Morgan fingerprint density at radius 3 is 1.88 bits per heavy atom. The van der Waals surface area contributed by atoms with E-state index in [1.807, 2.05) is 18.2 Å². The second-order valence-corrected chi connectivity index (χ2v) is 8.73. The third-order valence-corrected chi connectivity index (χ3v) is 6.30. The fraction of sp³-hybridized carbons (Fsp3) is 0. The summed E-state index contributed by atoms with van der Waals surface area (Å²) in [6.07, 6.45) is 0. The Morgan fingerprint density at radius 1 is 0.656 bits per heavy atom. The van der Waals surface area contributed by atoms with Gasteiger partial charge in [-0.2, -0.15) is 0 Å². The summed E-state index contributed by atoms with van der Waals surface area (Å²) < 4.78 is 14.6. The molecule has 5 aromatic rings. The molecule has 32 heavy (non-hydrogen) atoms. The smallest absolute Gasteiger partial charge is 0.131 e. The standard InChI is InChI=1S/C16H10ClFO.C10H6BrClO/c17-11-6-7-12-10(9-11)5-8-15(19)16(12)13-3-1-2-4-14(13)18;11-10-8-3-2-7(12)5-6(8)1-4-9(10)13/h1-9,19H;1-5,13H. The summed E-state index contributed by atoms with van der Waals surface area (Å²) in [5.74, 6) is -0.0602. The molecule has 2 N–H and O–H groups in total. The largest absolute Gasteiger partial charge is 0.507 e. The molecular weight excluding hydrogens is 514 g/mol. The molecule has 0 saturated carbocycles. The Balaban J connectivity index is 0.000000165. The van der Waals surface area contributed by atoms with Crippen LogP contribution in [0.1, 0.15) is 0 Å².